The molecule has 0 aromatic rings. The summed E-state index contributed by atoms with van der Waals surface area (Å²) < 4.78 is 17.5. The van der Waals surface area contributed by atoms with Crippen LogP contribution in [0.25, 0.3) is 0 Å². The van der Waals surface area contributed by atoms with Crippen LogP contribution in [0.2, 0.25) is 0 Å². The molecular weight excluding hydrogens is 189 g/mol. The topological polar surface area (TPSA) is 58.9 Å². The summed E-state index contributed by atoms with van der Waals surface area (Å²) in [6, 6.07) is 0. The van der Waals surface area contributed by atoms with Crippen molar-refractivity contribution in [3.63, 3.8) is 0 Å². The standard InChI is InChI=1S/C9H16FNO3/c1-9(2,3)14-8(13)11-6-7(10)4-5-12/h6-7,12H,4-5H2,1-3H3. The van der Waals surface area contributed by atoms with E-state index in [-0.39, 0.29) is 13.0 Å². The van der Waals surface area contributed by atoms with Gasteiger partial charge in [0.25, 0.3) is 0 Å². The zero-order valence-electron chi connectivity index (χ0n) is 8.66. The van der Waals surface area contributed by atoms with Gasteiger partial charge in [0.15, 0.2) is 0 Å². The molecule has 0 heterocycles. The van der Waals surface area contributed by atoms with Crippen molar-refractivity contribution in [3.05, 3.63) is 0 Å². The van der Waals surface area contributed by atoms with E-state index in [1.807, 2.05) is 0 Å². The first kappa shape index (κ1) is 13.0. The molecule has 0 saturated heterocycles. The zero-order valence-corrected chi connectivity index (χ0v) is 8.66. The maximum Gasteiger partial charge on any atom is 0.433 e. The third-order valence-electron chi connectivity index (χ3n) is 1.14. The highest BCUT2D eigenvalue weighted by atomic mass is 19.1. The van der Waals surface area contributed by atoms with Gasteiger partial charge >= 0.3 is 6.09 Å². The second-order valence-corrected chi connectivity index (χ2v) is 3.79. The van der Waals surface area contributed by atoms with Crippen LogP contribution in [0.5, 0.6) is 0 Å². The lowest BCUT2D eigenvalue weighted by Gasteiger charge is -2.17. The van der Waals surface area contributed by atoms with Gasteiger partial charge in [-0.05, 0) is 20.8 Å². The highest BCUT2D eigenvalue weighted by Crippen LogP contribution is 2.07. The number of rotatable bonds is 3. The third kappa shape index (κ3) is 7.67. The number of carbonyl (C=O) groups is 1. The second kappa shape index (κ2) is 5.70. The Balaban J connectivity index is 3.93. The van der Waals surface area contributed by atoms with Crippen LogP contribution in [0.1, 0.15) is 27.2 Å². The average molecular weight is 205 g/mol. The van der Waals surface area contributed by atoms with Crippen molar-refractivity contribution >= 4 is 12.3 Å². The van der Waals surface area contributed by atoms with E-state index in [1.165, 1.54) is 0 Å². The van der Waals surface area contributed by atoms with Gasteiger partial charge in [-0.15, -0.1) is 0 Å². The number of aliphatic imine (C=N–C) groups is 1. The number of amides is 1. The van der Waals surface area contributed by atoms with Gasteiger partial charge in [-0.25, -0.2) is 9.18 Å². The molecule has 5 heteroatoms. The van der Waals surface area contributed by atoms with Gasteiger partial charge in [-0.3, -0.25) is 0 Å². The molecule has 0 aliphatic rings. The third-order valence-corrected chi connectivity index (χ3v) is 1.14. The first-order chi connectivity index (χ1) is 6.35. The summed E-state index contributed by atoms with van der Waals surface area (Å²) in [6.07, 6.45) is -1.46. The second-order valence-electron chi connectivity index (χ2n) is 3.79. The van der Waals surface area contributed by atoms with Crippen LogP contribution >= 0.6 is 0 Å². The summed E-state index contributed by atoms with van der Waals surface area (Å²) in [7, 11) is 0. The molecule has 1 unspecified atom stereocenters. The Morgan fingerprint density at radius 1 is 1.64 bits per heavy atom. The maximum absolute atomic E-state index is 12.7. The summed E-state index contributed by atoms with van der Waals surface area (Å²) in [6.45, 7) is 4.81. The fourth-order valence-electron chi connectivity index (χ4n) is 0.628. The Bertz CT molecular complexity index is 211. The number of halogens is 1. The van der Waals surface area contributed by atoms with Crippen molar-refractivity contribution in [2.24, 2.45) is 4.99 Å². The van der Waals surface area contributed by atoms with Crippen LogP contribution in [0, 0.1) is 0 Å². The van der Waals surface area contributed by atoms with Gasteiger partial charge in [0.05, 0.1) is 0 Å². The maximum atomic E-state index is 12.7. The number of alkyl halides is 1. The van der Waals surface area contributed by atoms with Crippen LogP contribution < -0.4 is 0 Å². The number of aliphatic hydroxyl groups is 1. The molecule has 1 N–H and O–H groups in total. The van der Waals surface area contributed by atoms with E-state index in [0.717, 1.165) is 6.21 Å². The Morgan fingerprint density at radius 2 is 2.21 bits per heavy atom. The van der Waals surface area contributed by atoms with Crippen LogP contribution in [-0.4, -0.2) is 35.8 Å². The van der Waals surface area contributed by atoms with Gasteiger partial charge in [0, 0.05) is 19.2 Å². The van der Waals surface area contributed by atoms with Crippen LogP contribution in [-0.2, 0) is 4.74 Å². The fraction of sp³-hybridized carbons (Fsp3) is 0.778. The summed E-state index contributed by atoms with van der Waals surface area (Å²) in [4.78, 5) is 14.2. The monoisotopic (exact) mass is 205 g/mol. The van der Waals surface area contributed by atoms with Crippen molar-refractivity contribution in [3.8, 4) is 0 Å². The predicted molar refractivity (Wildman–Crippen MR) is 51.3 cm³/mol. The van der Waals surface area contributed by atoms with E-state index in [9.17, 15) is 9.18 Å². The van der Waals surface area contributed by atoms with E-state index >= 15 is 0 Å². The smallest absolute Gasteiger partial charge is 0.433 e. The molecule has 0 saturated carbocycles. The number of nitrogens with zero attached hydrogens (tertiary/aromatic N) is 1. The van der Waals surface area contributed by atoms with Crippen molar-refractivity contribution in [2.75, 3.05) is 6.61 Å². The zero-order chi connectivity index (χ0) is 11.2. The Hall–Kier alpha value is -0.970. The van der Waals surface area contributed by atoms with Crippen molar-refractivity contribution in [1.29, 1.82) is 0 Å². The lowest BCUT2D eigenvalue weighted by molar-refractivity contribution is 0.0603. The molecule has 14 heavy (non-hydrogen) atoms. The molecule has 4 nitrogen and oxygen atoms in total. The van der Waals surface area contributed by atoms with Crippen LogP contribution in [0.3, 0.4) is 0 Å². The molecule has 0 spiro atoms. The lowest BCUT2D eigenvalue weighted by atomic mass is 10.2. The fourth-order valence-corrected chi connectivity index (χ4v) is 0.628. The van der Waals surface area contributed by atoms with Gasteiger partial charge < -0.3 is 9.84 Å². The van der Waals surface area contributed by atoms with Crippen LogP contribution in [0.15, 0.2) is 4.99 Å². The molecule has 0 aromatic heterocycles. The van der Waals surface area contributed by atoms with Crippen LogP contribution in [0.4, 0.5) is 9.18 Å². The number of carbonyl (C=O) groups excluding carboxylic acids is 1. The van der Waals surface area contributed by atoms with E-state index < -0.39 is 17.9 Å². The minimum absolute atomic E-state index is 0.0632. The Morgan fingerprint density at radius 3 is 2.64 bits per heavy atom. The van der Waals surface area contributed by atoms with Crippen molar-refractivity contribution in [1.82, 2.24) is 0 Å². The molecule has 82 valence electrons. The molecular formula is C9H16FNO3. The highest BCUT2D eigenvalue weighted by Gasteiger charge is 2.15. The Kier molecular flexibility index (Phi) is 5.30. The van der Waals surface area contributed by atoms with Gasteiger partial charge in [0.2, 0.25) is 0 Å². The minimum Gasteiger partial charge on any atom is -0.442 e. The van der Waals surface area contributed by atoms with E-state index in [1.54, 1.807) is 20.8 Å². The number of hydrogen-bond acceptors (Lipinski definition) is 3. The summed E-state index contributed by atoms with van der Waals surface area (Å²) in [5.41, 5.74) is -0.628. The van der Waals surface area contributed by atoms with Gasteiger partial charge in [0.1, 0.15) is 11.8 Å². The first-order valence-electron chi connectivity index (χ1n) is 4.37. The van der Waals surface area contributed by atoms with E-state index in [0.29, 0.717) is 0 Å². The predicted octanol–water partition coefficient (Wildman–Crippen LogP) is 1.71. The normalized spacial score (nSPS) is 14.4. The summed E-state index contributed by atoms with van der Waals surface area (Å²) in [5.74, 6) is 0. The SMILES string of the molecule is CC(C)(C)OC(=O)N=CC(F)CCO. The highest BCUT2D eigenvalue weighted by molar-refractivity contribution is 5.81. The molecule has 0 aromatic carbocycles. The number of hydrogen-bond donors (Lipinski definition) is 1. The van der Waals surface area contributed by atoms with Gasteiger partial charge in [-0.1, -0.05) is 0 Å². The number of ether oxygens (including phenoxy) is 1. The minimum atomic E-state index is -1.41. The first-order valence-corrected chi connectivity index (χ1v) is 4.37. The summed E-state index contributed by atoms with van der Waals surface area (Å²) >= 11 is 0. The lowest BCUT2D eigenvalue weighted by Crippen LogP contribution is -2.22. The number of aliphatic hydroxyl groups excluding tert-OH is 1. The Labute approximate surface area is 82.8 Å². The van der Waals surface area contributed by atoms with E-state index in [4.69, 9.17) is 9.84 Å². The molecule has 0 aliphatic heterocycles. The molecule has 0 aliphatic carbocycles. The average Bonchev–Trinajstić information content (AvgIpc) is 1.98. The quantitative estimate of drug-likeness (QED) is 0.713. The molecule has 0 fully saturated rings. The largest absolute Gasteiger partial charge is 0.442 e. The molecule has 1 atom stereocenters. The van der Waals surface area contributed by atoms with Crippen molar-refractivity contribution < 1.29 is 19.0 Å². The molecule has 0 rings (SSSR count). The van der Waals surface area contributed by atoms with Gasteiger partial charge in [-0.2, -0.15) is 4.99 Å². The van der Waals surface area contributed by atoms with Crippen molar-refractivity contribution in [2.45, 2.75) is 39.0 Å². The molecule has 0 radical (unpaired) electrons. The molecule has 0 bridgehead atoms. The van der Waals surface area contributed by atoms with E-state index in [2.05, 4.69) is 4.99 Å². The molecule has 1 amide bonds. The summed E-state index contributed by atoms with van der Waals surface area (Å²) in [5, 5.41) is 8.37.